The number of aryl methyl sites for hydroxylation is 1. The van der Waals surface area contributed by atoms with Crippen LogP contribution in [0.3, 0.4) is 0 Å². The molecule has 1 fully saturated rings. The van der Waals surface area contributed by atoms with E-state index in [9.17, 15) is 4.79 Å². The molecule has 0 saturated carbocycles. The van der Waals surface area contributed by atoms with Gasteiger partial charge in [0.2, 0.25) is 0 Å². The van der Waals surface area contributed by atoms with Gasteiger partial charge in [-0.3, -0.25) is 0 Å². The molecule has 0 aliphatic carbocycles. The minimum atomic E-state index is -0.0618. The first-order valence-electron chi connectivity index (χ1n) is 8.22. The molecule has 2 heterocycles. The smallest absolute Gasteiger partial charge is 0.321 e. The van der Waals surface area contributed by atoms with Crippen LogP contribution in [0.2, 0.25) is 0 Å². The largest absolute Gasteiger partial charge is 0.497 e. The fourth-order valence-electron chi connectivity index (χ4n) is 2.81. The molecular formula is C17H22N4O2S. The monoisotopic (exact) mass is 346 g/mol. The van der Waals surface area contributed by atoms with Gasteiger partial charge in [-0.1, -0.05) is 13.0 Å². The van der Waals surface area contributed by atoms with Crippen molar-refractivity contribution in [3.05, 3.63) is 34.3 Å². The van der Waals surface area contributed by atoms with E-state index in [1.807, 2.05) is 29.2 Å². The Hall–Kier alpha value is -2.15. The van der Waals surface area contributed by atoms with Crippen LogP contribution < -0.4 is 10.1 Å². The van der Waals surface area contributed by atoms with Gasteiger partial charge in [0.1, 0.15) is 15.8 Å². The molecule has 7 heteroatoms. The van der Waals surface area contributed by atoms with Gasteiger partial charge in [0.25, 0.3) is 0 Å². The molecule has 24 heavy (non-hydrogen) atoms. The van der Waals surface area contributed by atoms with Crippen molar-refractivity contribution < 1.29 is 9.53 Å². The minimum absolute atomic E-state index is 0.0618. The summed E-state index contributed by atoms with van der Waals surface area (Å²) in [4.78, 5) is 14.3. The van der Waals surface area contributed by atoms with E-state index in [1.54, 1.807) is 18.4 Å². The van der Waals surface area contributed by atoms with Gasteiger partial charge in [-0.2, -0.15) is 0 Å². The molecule has 0 bridgehead atoms. The molecule has 1 aliphatic rings. The number of amides is 2. The van der Waals surface area contributed by atoms with Crippen LogP contribution in [0.15, 0.2) is 24.3 Å². The van der Waals surface area contributed by atoms with Crippen molar-refractivity contribution in [3.63, 3.8) is 0 Å². The second-order valence-electron chi connectivity index (χ2n) is 5.81. The maximum absolute atomic E-state index is 12.4. The summed E-state index contributed by atoms with van der Waals surface area (Å²) in [5.41, 5.74) is 0.748. The Labute approximate surface area is 145 Å². The van der Waals surface area contributed by atoms with Gasteiger partial charge in [0.05, 0.1) is 7.11 Å². The molecule has 1 N–H and O–H groups in total. The summed E-state index contributed by atoms with van der Waals surface area (Å²) < 4.78 is 5.18. The molecule has 1 aromatic carbocycles. The van der Waals surface area contributed by atoms with Crippen molar-refractivity contribution >= 4 is 23.1 Å². The maximum atomic E-state index is 12.4. The third-order valence-corrected chi connectivity index (χ3v) is 5.47. The zero-order valence-electron chi connectivity index (χ0n) is 14.0. The number of aromatic nitrogens is 2. The van der Waals surface area contributed by atoms with Crippen molar-refractivity contribution in [2.45, 2.75) is 32.1 Å². The Morgan fingerprint density at radius 3 is 2.83 bits per heavy atom. The summed E-state index contributed by atoms with van der Waals surface area (Å²) in [7, 11) is 1.61. The van der Waals surface area contributed by atoms with E-state index in [1.165, 1.54) is 0 Å². The first-order chi connectivity index (χ1) is 11.7. The van der Waals surface area contributed by atoms with Gasteiger partial charge < -0.3 is 15.0 Å². The SMILES string of the molecule is CCc1nnc(C2CCN(C(=O)Nc3cccc(OC)c3)CC2)s1. The number of benzene rings is 1. The number of rotatable bonds is 4. The number of piperidine rings is 1. The highest BCUT2D eigenvalue weighted by Gasteiger charge is 2.26. The van der Waals surface area contributed by atoms with Crippen molar-refractivity contribution in [2.24, 2.45) is 0 Å². The second-order valence-corrected chi connectivity index (χ2v) is 6.90. The molecule has 6 nitrogen and oxygen atoms in total. The molecule has 0 radical (unpaired) electrons. The highest BCUT2D eigenvalue weighted by molar-refractivity contribution is 7.11. The van der Waals surface area contributed by atoms with Crippen LogP contribution in [0, 0.1) is 0 Å². The number of carbonyl (C=O) groups is 1. The van der Waals surface area contributed by atoms with Gasteiger partial charge >= 0.3 is 6.03 Å². The Morgan fingerprint density at radius 1 is 1.38 bits per heavy atom. The quantitative estimate of drug-likeness (QED) is 0.920. The number of hydrogen-bond donors (Lipinski definition) is 1. The standard InChI is InChI=1S/C17H22N4O2S/c1-3-15-19-20-16(24-15)12-7-9-21(10-8-12)17(22)18-13-5-4-6-14(11-13)23-2/h4-6,11-12H,3,7-10H2,1-2H3,(H,18,22). The maximum Gasteiger partial charge on any atom is 0.321 e. The molecule has 3 rings (SSSR count). The number of ether oxygens (including phenoxy) is 1. The highest BCUT2D eigenvalue weighted by Crippen LogP contribution is 2.30. The number of nitrogens with zero attached hydrogens (tertiary/aromatic N) is 3. The average molecular weight is 346 g/mol. The predicted octanol–water partition coefficient (Wildman–Crippen LogP) is 3.52. The lowest BCUT2D eigenvalue weighted by atomic mass is 9.98. The van der Waals surface area contributed by atoms with Gasteiger partial charge in [-0.15, -0.1) is 21.5 Å². The molecule has 1 aliphatic heterocycles. The first kappa shape index (κ1) is 16.7. The lowest BCUT2D eigenvalue weighted by molar-refractivity contribution is 0.194. The van der Waals surface area contributed by atoms with Crippen molar-refractivity contribution in [1.29, 1.82) is 0 Å². The van der Waals surface area contributed by atoms with E-state index in [0.717, 1.165) is 53.8 Å². The van der Waals surface area contributed by atoms with Crippen LogP contribution in [0.1, 0.15) is 35.7 Å². The molecule has 128 valence electrons. The fraction of sp³-hybridized carbons (Fsp3) is 0.471. The van der Waals surface area contributed by atoms with E-state index in [-0.39, 0.29) is 6.03 Å². The summed E-state index contributed by atoms with van der Waals surface area (Å²) in [6.45, 7) is 3.57. The average Bonchev–Trinajstić information content (AvgIpc) is 3.11. The molecule has 1 saturated heterocycles. The zero-order chi connectivity index (χ0) is 16.9. The third-order valence-electron chi connectivity index (χ3n) is 4.24. The number of likely N-dealkylation sites (tertiary alicyclic amines) is 1. The van der Waals surface area contributed by atoms with Crippen molar-refractivity contribution in [1.82, 2.24) is 15.1 Å². The Kier molecular flexibility index (Phi) is 5.30. The molecule has 0 unspecified atom stereocenters. The zero-order valence-corrected chi connectivity index (χ0v) is 14.8. The fourth-order valence-corrected chi connectivity index (χ4v) is 3.76. The molecule has 2 aromatic rings. The predicted molar refractivity (Wildman–Crippen MR) is 94.8 cm³/mol. The first-order valence-corrected chi connectivity index (χ1v) is 9.03. The molecule has 0 spiro atoms. The van der Waals surface area contributed by atoms with E-state index < -0.39 is 0 Å². The van der Waals surface area contributed by atoms with Crippen LogP contribution >= 0.6 is 11.3 Å². The minimum Gasteiger partial charge on any atom is -0.497 e. The summed E-state index contributed by atoms with van der Waals surface area (Å²) >= 11 is 1.70. The Morgan fingerprint density at radius 2 is 2.17 bits per heavy atom. The topological polar surface area (TPSA) is 67.4 Å². The van der Waals surface area contributed by atoms with E-state index in [2.05, 4.69) is 22.4 Å². The summed E-state index contributed by atoms with van der Waals surface area (Å²) in [6.07, 6.45) is 2.80. The number of anilines is 1. The third kappa shape index (κ3) is 3.84. The number of nitrogens with one attached hydrogen (secondary N) is 1. The lowest BCUT2D eigenvalue weighted by Gasteiger charge is -2.31. The number of urea groups is 1. The normalized spacial score (nSPS) is 15.3. The molecular weight excluding hydrogens is 324 g/mol. The molecule has 0 atom stereocenters. The van der Waals surface area contributed by atoms with Crippen LogP contribution in [-0.2, 0) is 6.42 Å². The van der Waals surface area contributed by atoms with Crippen molar-refractivity contribution in [2.75, 3.05) is 25.5 Å². The van der Waals surface area contributed by atoms with E-state index in [0.29, 0.717) is 5.92 Å². The second kappa shape index (κ2) is 7.61. The Balaban J connectivity index is 1.54. The summed E-state index contributed by atoms with van der Waals surface area (Å²) in [6, 6.07) is 7.34. The number of methoxy groups -OCH3 is 1. The summed E-state index contributed by atoms with van der Waals surface area (Å²) in [5, 5.41) is 13.6. The molecule has 2 amide bonds. The number of carbonyl (C=O) groups excluding carboxylic acids is 1. The van der Waals surface area contributed by atoms with Crippen LogP contribution in [0.25, 0.3) is 0 Å². The number of hydrogen-bond acceptors (Lipinski definition) is 5. The van der Waals surface area contributed by atoms with Crippen LogP contribution in [-0.4, -0.2) is 41.3 Å². The van der Waals surface area contributed by atoms with E-state index in [4.69, 9.17) is 4.74 Å². The van der Waals surface area contributed by atoms with Crippen molar-refractivity contribution in [3.8, 4) is 5.75 Å². The molecule has 1 aromatic heterocycles. The highest BCUT2D eigenvalue weighted by atomic mass is 32.1. The summed E-state index contributed by atoms with van der Waals surface area (Å²) in [5.74, 6) is 1.15. The van der Waals surface area contributed by atoms with Crippen LogP contribution in [0.4, 0.5) is 10.5 Å². The Bertz CT molecular complexity index is 695. The van der Waals surface area contributed by atoms with Gasteiger partial charge in [0, 0.05) is 30.8 Å². The van der Waals surface area contributed by atoms with E-state index >= 15 is 0 Å². The van der Waals surface area contributed by atoms with Crippen LogP contribution in [0.5, 0.6) is 5.75 Å². The lowest BCUT2D eigenvalue weighted by Crippen LogP contribution is -2.40. The van der Waals surface area contributed by atoms with Gasteiger partial charge in [-0.05, 0) is 31.4 Å². The van der Waals surface area contributed by atoms with Gasteiger partial charge in [0.15, 0.2) is 0 Å². The van der Waals surface area contributed by atoms with Gasteiger partial charge in [-0.25, -0.2) is 4.79 Å².